The van der Waals surface area contributed by atoms with Gasteiger partial charge in [0.15, 0.2) is 5.82 Å². The average molecular weight is 304 g/mol. The van der Waals surface area contributed by atoms with Crippen molar-refractivity contribution in [3.63, 3.8) is 0 Å². The highest BCUT2D eigenvalue weighted by Gasteiger charge is 2.31. The van der Waals surface area contributed by atoms with Crippen LogP contribution in [0.25, 0.3) is 0 Å². The van der Waals surface area contributed by atoms with Gasteiger partial charge in [-0.25, -0.2) is 14.4 Å². The van der Waals surface area contributed by atoms with Crippen LogP contribution in [0.1, 0.15) is 12.8 Å². The molecule has 0 N–H and O–H groups in total. The zero-order valence-electron chi connectivity index (χ0n) is 11.4. The monoisotopic (exact) mass is 304 g/mol. The molecule has 9 heteroatoms. The summed E-state index contributed by atoms with van der Waals surface area (Å²) < 4.78 is 44.8. The molecule has 0 bridgehead atoms. The van der Waals surface area contributed by atoms with Crippen LogP contribution in [0.3, 0.4) is 0 Å². The molecule has 1 aromatic rings. The summed E-state index contributed by atoms with van der Waals surface area (Å²) in [7, 11) is -0.468. The number of halogens is 1. The van der Waals surface area contributed by atoms with Crippen molar-refractivity contribution in [3.05, 3.63) is 18.2 Å². The molecule has 0 spiro atoms. The van der Waals surface area contributed by atoms with Crippen molar-refractivity contribution >= 4 is 10.2 Å². The molecule has 2 heterocycles. The minimum atomic E-state index is -3.45. The molecule has 2 rings (SSSR count). The lowest BCUT2D eigenvalue weighted by Gasteiger charge is -2.32. The third-order valence-electron chi connectivity index (χ3n) is 3.00. The van der Waals surface area contributed by atoms with Gasteiger partial charge >= 0.3 is 6.01 Å². The Hall–Kier alpha value is -1.32. The maximum atomic E-state index is 12.7. The maximum Gasteiger partial charge on any atom is 0.316 e. The van der Waals surface area contributed by atoms with Crippen LogP contribution in [0.4, 0.5) is 4.39 Å². The largest absolute Gasteiger partial charge is 0.459 e. The second kappa shape index (κ2) is 5.98. The van der Waals surface area contributed by atoms with Crippen LogP contribution >= 0.6 is 0 Å². The Morgan fingerprint density at radius 3 is 2.65 bits per heavy atom. The Balaban J connectivity index is 2.02. The van der Waals surface area contributed by atoms with Crippen molar-refractivity contribution in [1.29, 1.82) is 0 Å². The first-order valence-corrected chi connectivity index (χ1v) is 7.61. The highest BCUT2D eigenvalue weighted by Crippen LogP contribution is 2.18. The lowest BCUT2D eigenvalue weighted by molar-refractivity contribution is 0.116. The van der Waals surface area contributed by atoms with Gasteiger partial charge in [-0.2, -0.15) is 17.0 Å². The second-order valence-corrected chi connectivity index (χ2v) is 6.86. The van der Waals surface area contributed by atoms with Gasteiger partial charge in [0.1, 0.15) is 6.10 Å². The van der Waals surface area contributed by atoms with Gasteiger partial charge in [-0.15, -0.1) is 0 Å². The third kappa shape index (κ3) is 3.41. The van der Waals surface area contributed by atoms with E-state index in [1.165, 1.54) is 22.7 Å². The lowest BCUT2D eigenvalue weighted by atomic mass is 10.1. The lowest BCUT2D eigenvalue weighted by Crippen LogP contribution is -2.48. The van der Waals surface area contributed by atoms with Gasteiger partial charge < -0.3 is 4.74 Å². The summed E-state index contributed by atoms with van der Waals surface area (Å²) in [6.07, 6.45) is 3.10. The molecule has 0 aromatic carbocycles. The smallest absolute Gasteiger partial charge is 0.316 e. The van der Waals surface area contributed by atoms with E-state index >= 15 is 0 Å². The van der Waals surface area contributed by atoms with Gasteiger partial charge in [0.2, 0.25) is 0 Å². The number of nitrogens with zero attached hydrogens (tertiary/aromatic N) is 4. The van der Waals surface area contributed by atoms with E-state index in [-0.39, 0.29) is 18.7 Å². The summed E-state index contributed by atoms with van der Waals surface area (Å²) in [5.74, 6) is -0.544. The van der Waals surface area contributed by atoms with E-state index in [0.717, 1.165) is 12.4 Å². The summed E-state index contributed by atoms with van der Waals surface area (Å²) in [6.45, 7) is 0.700. The molecule has 1 aliphatic rings. The van der Waals surface area contributed by atoms with Crippen LogP contribution < -0.4 is 4.74 Å². The Morgan fingerprint density at radius 2 is 2.05 bits per heavy atom. The van der Waals surface area contributed by atoms with Crippen molar-refractivity contribution in [2.24, 2.45) is 0 Å². The molecule has 1 atom stereocenters. The molecule has 0 aliphatic carbocycles. The topological polar surface area (TPSA) is 75.6 Å². The van der Waals surface area contributed by atoms with Crippen LogP contribution in [-0.2, 0) is 10.2 Å². The Morgan fingerprint density at radius 1 is 1.40 bits per heavy atom. The predicted molar refractivity (Wildman–Crippen MR) is 69.8 cm³/mol. The molecule has 1 saturated heterocycles. The van der Waals surface area contributed by atoms with Crippen LogP contribution in [0.2, 0.25) is 0 Å². The van der Waals surface area contributed by atoms with Gasteiger partial charge in [0.25, 0.3) is 10.2 Å². The van der Waals surface area contributed by atoms with Crippen molar-refractivity contribution in [2.75, 3.05) is 27.2 Å². The highest BCUT2D eigenvalue weighted by atomic mass is 32.2. The molecule has 0 radical (unpaired) electrons. The fraction of sp³-hybridized carbons (Fsp3) is 0.636. The number of rotatable bonds is 4. The number of piperidine rings is 1. The second-order valence-electron chi connectivity index (χ2n) is 4.71. The van der Waals surface area contributed by atoms with E-state index in [1.54, 1.807) is 0 Å². The summed E-state index contributed by atoms with van der Waals surface area (Å²) in [5, 5.41) is 0. The van der Waals surface area contributed by atoms with Crippen LogP contribution in [-0.4, -0.2) is 60.3 Å². The number of hydrogen-bond acceptors (Lipinski definition) is 5. The molecule has 0 amide bonds. The first-order chi connectivity index (χ1) is 9.39. The SMILES string of the molecule is CN(C)S(=O)(=O)N1CCCC(Oc2ncc(F)cn2)C1. The fourth-order valence-corrected chi connectivity index (χ4v) is 3.13. The minimum absolute atomic E-state index is 0.0560. The summed E-state index contributed by atoms with van der Waals surface area (Å²) in [6, 6.07) is 0.0560. The normalized spacial score (nSPS) is 21.1. The average Bonchev–Trinajstić information content (AvgIpc) is 2.41. The van der Waals surface area contributed by atoms with Crippen LogP contribution in [0.5, 0.6) is 6.01 Å². The number of aromatic nitrogens is 2. The van der Waals surface area contributed by atoms with Gasteiger partial charge in [-0.1, -0.05) is 0 Å². The van der Waals surface area contributed by atoms with Gasteiger partial charge in [0, 0.05) is 20.6 Å². The van der Waals surface area contributed by atoms with Gasteiger partial charge in [-0.3, -0.25) is 0 Å². The Bertz CT molecular complexity index is 549. The Kier molecular flexibility index (Phi) is 4.51. The van der Waals surface area contributed by atoms with Crippen LogP contribution in [0.15, 0.2) is 12.4 Å². The highest BCUT2D eigenvalue weighted by molar-refractivity contribution is 7.86. The number of ether oxygens (including phenoxy) is 1. The van der Waals surface area contributed by atoms with E-state index in [2.05, 4.69) is 9.97 Å². The summed E-state index contributed by atoms with van der Waals surface area (Å²) in [4.78, 5) is 7.42. The molecular weight excluding hydrogens is 287 g/mol. The summed E-state index contributed by atoms with van der Waals surface area (Å²) in [5.41, 5.74) is 0. The molecule has 0 saturated carbocycles. The maximum absolute atomic E-state index is 12.7. The quantitative estimate of drug-likeness (QED) is 0.798. The molecule has 7 nitrogen and oxygen atoms in total. The zero-order valence-corrected chi connectivity index (χ0v) is 12.2. The van der Waals surface area contributed by atoms with Crippen molar-refractivity contribution < 1.29 is 17.5 Å². The molecule has 112 valence electrons. The zero-order chi connectivity index (χ0) is 14.8. The number of hydrogen-bond donors (Lipinski definition) is 0. The standard InChI is InChI=1S/C11H17FN4O3S/c1-15(2)20(17,18)16-5-3-4-10(8-16)19-11-13-6-9(12)7-14-11/h6-7,10H,3-5,8H2,1-2H3. The van der Waals surface area contributed by atoms with E-state index in [9.17, 15) is 12.8 Å². The van der Waals surface area contributed by atoms with Crippen molar-refractivity contribution in [2.45, 2.75) is 18.9 Å². The molecule has 20 heavy (non-hydrogen) atoms. The van der Waals surface area contributed by atoms with E-state index in [1.807, 2.05) is 0 Å². The summed E-state index contributed by atoms with van der Waals surface area (Å²) >= 11 is 0. The predicted octanol–water partition coefficient (Wildman–Crippen LogP) is 0.265. The van der Waals surface area contributed by atoms with E-state index in [0.29, 0.717) is 19.4 Å². The molecule has 1 unspecified atom stereocenters. The Labute approximate surface area is 117 Å². The first kappa shape index (κ1) is 15.1. The van der Waals surface area contributed by atoms with Gasteiger partial charge in [-0.05, 0) is 12.8 Å². The van der Waals surface area contributed by atoms with E-state index in [4.69, 9.17) is 4.74 Å². The van der Waals surface area contributed by atoms with Crippen molar-refractivity contribution in [1.82, 2.24) is 18.6 Å². The molecule has 1 aliphatic heterocycles. The first-order valence-electron chi connectivity index (χ1n) is 6.21. The molecular formula is C11H17FN4O3S. The van der Waals surface area contributed by atoms with Gasteiger partial charge in [0.05, 0.1) is 18.9 Å². The van der Waals surface area contributed by atoms with Crippen LogP contribution in [0, 0.1) is 5.82 Å². The molecule has 1 fully saturated rings. The third-order valence-corrected chi connectivity index (χ3v) is 4.90. The van der Waals surface area contributed by atoms with E-state index < -0.39 is 16.0 Å². The minimum Gasteiger partial charge on any atom is -0.459 e. The molecule has 1 aromatic heterocycles. The van der Waals surface area contributed by atoms with Crippen molar-refractivity contribution in [3.8, 4) is 6.01 Å². The fourth-order valence-electron chi connectivity index (χ4n) is 1.95.